The number of carboxylic acids is 1. The summed E-state index contributed by atoms with van der Waals surface area (Å²) in [6.07, 6.45) is 2.55. The minimum Gasteiger partial charge on any atom is -0.478 e. The van der Waals surface area contributed by atoms with E-state index in [2.05, 4.69) is 17.1 Å². The van der Waals surface area contributed by atoms with Crippen molar-refractivity contribution in [2.24, 2.45) is 0 Å². The van der Waals surface area contributed by atoms with Crippen LogP contribution in [0.5, 0.6) is 0 Å². The first kappa shape index (κ1) is 16.2. The minimum atomic E-state index is -0.859. The zero-order chi connectivity index (χ0) is 15.2. The zero-order valence-corrected chi connectivity index (χ0v) is 13.6. The number of benzene rings is 1. The molecule has 1 unspecified atom stereocenters. The topological polar surface area (TPSA) is 52.6 Å². The van der Waals surface area contributed by atoms with Crippen molar-refractivity contribution in [2.75, 3.05) is 30.7 Å². The Kier molecular flexibility index (Phi) is 5.94. The number of rotatable bonds is 7. The molecule has 21 heavy (non-hydrogen) atoms. The average Bonchev–Trinajstić information content (AvgIpc) is 2.91. The summed E-state index contributed by atoms with van der Waals surface area (Å²) in [4.78, 5) is 14.8. The van der Waals surface area contributed by atoms with Crippen molar-refractivity contribution in [1.29, 1.82) is 0 Å². The number of hydrogen-bond acceptors (Lipinski definition) is 4. The molecular weight excluding hydrogens is 284 g/mol. The maximum Gasteiger partial charge on any atom is 0.338 e. The van der Waals surface area contributed by atoms with Crippen molar-refractivity contribution in [2.45, 2.75) is 37.6 Å². The van der Waals surface area contributed by atoms with Crippen molar-refractivity contribution in [3.8, 4) is 0 Å². The molecule has 1 aromatic rings. The van der Waals surface area contributed by atoms with Crippen molar-refractivity contribution >= 4 is 23.4 Å². The Morgan fingerprint density at radius 3 is 2.76 bits per heavy atom. The lowest BCUT2D eigenvalue weighted by Gasteiger charge is -2.23. The summed E-state index contributed by atoms with van der Waals surface area (Å²) < 4.78 is 0. The molecule has 0 bridgehead atoms. The van der Waals surface area contributed by atoms with Gasteiger partial charge in [-0.05, 0) is 50.7 Å². The highest BCUT2D eigenvalue weighted by molar-refractivity contribution is 7.99. The van der Waals surface area contributed by atoms with Crippen LogP contribution >= 0.6 is 11.8 Å². The van der Waals surface area contributed by atoms with Gasteiger partial charge in [-0.2, -0.15) is 0 Å². The predicted octanol–water partition coefficient (Wildman–Crippen LogP) is 3.39. The van der Waals surface area contributed by atoms with E-state index in [0.29, 0.717) is 5.56 Å². The predicted molar refractivity (Wildman–Crippen MR) is 88.6 cm³/mol. The van der Waals surface area contributed by atoms with E-state index in [1.54, 1.807) is 11.8 Å². The second kappa shape index (κ2) is 7.71. The molecule has 1 aliphatic rings. The molecule has 1 aliphatic heterocycles. The molecule has 0 aliphatic carbocycles. The lowest BCUT2D eigenvalue weighted by atomic mass is 10.1. The van der Waals surface area contributed by atoms with E-state index >= 15 is 0 Å². The van der Waals surface area contributed by atoms with Crippen LogP contribution in [-0.4, -0.2) is 47.4 Å². The third-order valence-corrected chi connectivity index (χ3v) is 4.61. The molecule has 1 fully saturated rings. The van der Waals surface area contributed by atoms with Gasteiger partial charge in [0.25, 0.3) is 0 Å². The Balaban J connectivity index is 2.10. The molecular formula is C16H24N2O2S. The first-order valence-electron chi connectivity index (χ1n) is 7.59. The van der Waals surface area contributed by atoms with Gasteiger partial charge in [0.1, 0.15) is 0 Å². The highest BCUT2D eigenvalue weighted by Crippen LogP contribution is 2.29. The van der Waals surface area contributed by atoms with Gasteiger partial charge in [-0.15, -0.1) is 11.8 Å². The van der Waals surface area contributed by atoms with E-state index in [4.69, 9.17) is 0 Å². The number of hydrogen-bond donors (Lipinski definition) is 2. The highest BCUT2D eigenvalue weighted by atomic mass is 32.2. The second-order valence-corrected chi connectivity index (χ2v) is 6.78. The van der Waals surface area contributed by atoms with Crippen LogP contribution in [0.3, 0.4) is 0 Å². The third-order valence-electron chi connectivity index (χ3n) is 3.67. The van der Waals surface area contributed by atoms with Gasteiger partial charge in [0, 0.05) is 17.5 Å². The van der Waals surface area contributed by atoms with Crippen LogP contribution in [0.2, 0.25) is 0 Å². The first-order chi connectivity index (χ1) is 10.1. The molecule has 4 nitrogen and oxygen atoms in total. The van der Waals surface area contributed by atoms with Crippen molar-refractivity contribution in [3.63, 3.8) is 0 Å². The molecule has 0 spiro atoms. The normalized spacial score (nSPS) is 16.9. The van der Waals surface area contributed by atoms with Crippen LogP contribution in [0.1, 0.15) is 37.0 Å². The largest absolute Gasteiger partial charge is 0.478 e. The maximum absolute atomic E-state index is 11.6. The van der Waals surface area contributed by atoms with Crippen LogP contribution in [0.15, 0.2) is 23.1 Å². The highest BCUT2D eigenvalue weighted by Gasteiger charge is 2.19. The van der Waals surface area contributed by atoms with Crippen molar-refractivity contribution < 1.29 is 9.90 Å². The van der Waals surface area contributed by atoms with Gasteiger partial charge in [-0.3, -0.25) is 0 Å². The maximum atomic E-state index is 11.6. The summed E-state index contributed by atoms with van der Waals surface area (Å²) in [5.41, 5.74) is 1.13. The number of carbonyl (C=O) groups is 1. The smallest absolute Gasteiger partial charge is 0.338 e. The summed E-state index contributed by atoms with van der Waals surface area (Å²) >= 11 is 1.57. The fourth-order valence-electron chi connectivity index (χ4n) is 2.81. The molecule has 116 valence electrons. The first-order valence-corrected chi connectivity index (χ1v) is 8.58. The lowest BCUT2D eigenvalue weighted by Crippen LogP contribution is -2.33. The van der Waals surface area contributed by atoms with Crippen molar-refractivity contribution in [1.82, 2.24) is 4.90 Å². The van der Waals surface area contributed by atoms with Gasteiger partial charge in [-0.25, -0.2) is 4.79 Å². The van der Waals surface area contributed by atoms with Gasteiger partial charge < -0.3 is 15.3 Å². The number of anilines is 1. The van der Waals surface area contributed by atoms with E-state index in [0.717, 1.165) is 36.0 Å². The fraction of sp³-hybridized carbons (Fsp3) is 0.562. The molecule has 2 N–H and O–H groups in total. The summed E-state index contributed by atoms with van der Waals surface area (Å²) in [7, 11) is 0. The molecule has 0 saturated carbocycles. The van der Waals surface area contributed by atoms with E-state index in [-0.39, 0.29) is 6.04 Å². The molecule has 1 heterocycles. The standard InChI is InChI=1S/C16H24N2O2S/c1-3-21-14-8-6-7-13(15(14)16(19)20)17-12(2)11-18-9-4-5-10-18/h6-8,12,17H,3-5,9-11H2,1-2H3,(H,19,20). The number of thioether (sulfide) groups is 1. The Morgan fingerprint density at radius 1 is 1.43 bits per heavy atom. The Bertz CT molecular complexity index is 487. The summed E-state index contributed by atoms with van der Waals surface area (Å²) in [5.74, 6) is 0.00925. The number of aromatic carboxylic acids is 1. The zero-order valence-electron chi connectivity index (χ0n) is 12.8. The van der Waals surface area contributed by atoms with Gasteiger partial charge in [-0.1, -0.05) is 13.0 Å². The molecule has 1 aromatic carbocycles. The second-order valence-electron chi connectivity index (χ2n) is 5.47. The SMILES string of the molecule is CCSc1cccc(NC(C)CN2CCCC2)c1C(=O)O. The average molecular weight is 308 g/mol. The molecule has 0 radical (unpaired) electrons. The van der Waals surface area contributed by atoms with Crippen LogP contribution in [0.4, 0.5) is 5.69 Å². The molecule has 2 rings (SSSR count). The quantitative estimate of drug-likeness (QED) is 0.756. The van der Waals surface area contributed by atoms with Crippen LogP contribution in [0.25, 0.3) is 0 Å². The van der Waals surface area contributed by atoms with Crippen molar-refractivity contribution in [3.05, 3.63) is 23.8 Å². The Labute approximate surface area is 130 Å². The number of likely N-dealkylation sites (tertiary alicyclic amines) is 1. The molecule has 0 amide bonds. The lowest BCUT2D eigenvalue weighted by molar-refractivity contribution is 0.0694. The van der Waals surface area contributed by atoms with Gasteiger partial charge in [0.05, 0.1) is 11.3 Å². The summed E-state index contributed by atoms with van der Waals surface area (Å²) in [6, 6.07) is 5.91. The number of carboxylic acid groups (broad SMARTS) is 1. The van der Waals surface area contributed by atoms with Crippen LogP contribution < -0.4 is 5.32 Å². The van der Waals surface area contributed by atoms with E-state index in [1.807, 2.05) is 25.1 Å². The van der Waals surface area contributed by atoms with Gasteiger partial charge in [0.2, 0.25) is 0 Å². The van der Waals surface area contributed by atoms with E-state index < -0.39 is 5.97 Å². The number of nitrogens with zero attached hydrogens (tertiary/aromatic N) is 1. The van der Waals surface area contributed by atoms with Gasteiger partial charge >= 0.3 is 5.97 Å². The Hall–Kier alpha value is -1.20. The fourth-order valence-corrected chi connectivity index (χ4v) is 3.64. The monoisotopic (exact) mass is 308 g/mol. The van der Waals surface area contributed by atoms with Gasteiger partial charge in [0.15, 0.2) is 0 Å². The molecule has 0 aromatic heterocycles. The minimum absolute atomic E-state index is 0.239. The molecule has 5 heteroatoms. The van der Waals surface area contributed by atoms with E-state index in [9.17, 15) is 9.90 Å². The third kappa shape index (κ3) is 4.38. The molecule has 1 atom stereocenters. The molecule has 1 saturated heterocycles. The van der Waals surface area contributed by atoms with Crippen LogP contribution in [-0.2, 0) is 0 Å². The Morgan fingerprint density at radius 2 is 2.14 bits per heavy atom. The van der Waals surface area contributed by atoms with E-state index in [1.165, 1.54) is 12.8 Å². The number of nitrogens with one attached hydrogen (secondary N) is 1. The summed E-state index contributed by atoms with van der Waals surface area (Å²) in [6.45, 7) is 7.42. The van der Waals surface area contributed by atoms with Crippen LogP contribution in [0, 0.1) is 0 Å². The summed E-state index contributed by atoms with van der Waals surface area (Å²) in [5, 5.41) is 12.9.